The standard InChI is InChI=1S/C17F32/c18-3(16(44,45)46)1(14(38,39)40,6(22,23)10(30,31)12(34,35)8(3,26)27)5(20,21)2(15(41,42)43)4(19,17(47,48)49)9(28,29)13(36,37)11(32,33)7(2,24)25. The molecule has 2 aliphatic carbocycles. The summed E-state index contributed by atoms with van der Waals surface area (Å²) in [6, 6.07) is 0. The Balaban J connectivity index is 3.93. The minimum Gasteiger partial charge on any atom is -0.225 e. The van der Waals surface area contributed by atoms with Gasteiger partial charge < -0.3 is 0 Å². The molecule has 0 amide bonds. The summed E-state index contributed by atoms with van der Waals surface area (Å²) in [4.78, 5) is 0. The van der Waals surface area contributed by atoms with Crippen LogP contribution in [-0.4, -0.2) is 89.3 Å². The highest BCUT2D eigenvalue weighted by atomic mass is 19.4. The molecule has 0 nitrogen and oxygen atoms in total. The normalized spacial score (nSPS) is 38.2. The van der Waals surface area contributed by atoms with Gasteiger partial charge in [0.15, 0.2) is 0 Å². The molecule has 0 aromatic carbocycles. The summed E-state index contributed by atoms with van der Waals surface area (Å²) in [7, 11) is 0. The maximum atomic E-state index is 15.7. The van der Waals surface area contributed by atoms with Crippen molar-refractivity contribution in [2.24, 2.45) is 10.8 Å². The van der Waals surface area contributed by atoms with Crippen LogP contribution >= 0.6 is 0 Å². The summed E-state index contributed by atoms with van der Waals surface area (Å²) in [5, 5.41) is 0. The molecule has 0 spiro atoms. The van der Waals surface area contributed by atoms with E-state index in [9.17, 15) is 123 Å². The van der Waals surface area contributed by atoms with Crippen molar-refractivity contribution in [2.75, 3.05) is 0 Å². The van der Waals surface area contributed by atoms with Crippen molar-refractivity contribution in [1.29, 1.82) is 0 Å². The summed E-state index contributed by atoms with van der Waals surface area (Å²) in [5.41, 5.74) is -44.6. The Morgan fingerprint density at radius 2 is 0.367 bits per heavy atom. The van der Waals surface area contributed by atoms with Crippen LogP contribution in [0.5, 0.6) is 0 Å². The van der Waals surface area contributed by atoms with E-state index in [0.29, 0.717) is 0 Å². The van der Waals surface area contributed by atoms with E-state index in [1.54, 1.807) is 0 Å². The molecule has 32 heteroatoms. The SMILES string of the molecule is FC(F)(F)C1(F)C(F)(F)C(F)(F)C(F)(F)C(F)(F)C1(C(F)(F)F)C(F)(F)C1(C(F)(F)F)C(F)(F)C(F)(F)C(F)(F)C(F)(F)C1(F)C(F)(F)F. The Morgan fingerprint density at radius 1 is 0.204 bits per heavy atom. The molecule has 4 atom stereocenters. The first-order valence-corrected chi connectivity index (χ1v) is 10.5. The topological polar surface area (TPSA) is 0 Å². The van der Waals surface area contributed by atoms with Crippen LogP contribution in [0.4, 0.5) is 140 Å². The number of hydrogen-bond acceptors (Lipinski definition) is 0. The van der Waals surface area contributed by atoms with E-state index in [4.69, 9.17) is 0 Å². The lowest BCUT2D eigenvalue weighted by Crippen LogP contribution is -2.98. The predicted octanol–water partition coefficient (Wildman–Crippen LogP) is 10.4. The average molecular weight is 812 g/mol. The summed E-state index contributed by atoms with van der Waals surface area (Å²) < 4.78 is 455. The lowest BCUT2D eigenvalue weighted by atomic mass is 9.43. The quantitative estimate of drug-likeness (QED) is 0.244. The Bertz CT molecular complexity index is 1230. The lowest BCUT2D eigenvalue weighted by molar-refractivity contribution is -0.604. The minimum atomic E-state index is -11.7. The van der Waals surface area contributed by atoms with Crippen LogP contribution < -0.4 is 0 Å². The monoisotopic (exact) mass is 812 g/mol. The summed E-state index contributed by atoms with van der Waals surface area (Å²) >= 11 is 0. The van der Waals surface area contributed by atoms with Crippen molar-refractivity contribution in [3.8, 4) is 0 Å². The molecule has 0 aliphatic heterocycles. The van der Waals surface area contributed by atoms with Gasteiger partial charge in [-0.1, -0.05) is 0 Å². The highest BCUT2D eigenvalue weighted by Gasteiger charge is 3.19. The van der Waals surface area contributed by atoms with Crippen molar-refractivity contribution >= 4 is 0 Å². The maximum absolute atomic E-state index is 15.7. The summed E-state index contributed by atoms with van der Waals surface area (Å²) in [5.74, 6) is -92.0. The van der Waals surface area contributed by atoms with Gasteiger partial charge in [-0.2, -0.15) is 123 Å². The van der Waals surface area contributed by atoms with Crippen molar-refractivity contribution < 1.29 is 140 Å². The molecule has 0 bridgehead atoms. The molecule has 292 valence electrons. The van der Waals surface area contributed by atoms with Crippen LogP contribution in [0.1, 0.15) is 0 Å². The smallest absolute Gasteiger partial charge is 0.225 e. The molecule has 4 unspecified atom stereocenters. The first kappa shape index (κ1) is 42.9. The lowest BCUT2D eigenvalue weighted by Gasteiger charge is -2.67. The van der Waals surface area contributed by atoms with Gasteiger partial charge in [0.1, 0.15) is 0 Å². The maximum Gasteiger partial charge on any atom is 0.430 e. The van der Waals surface area contributed by atoms with Gasteiger partial charge in [0, 0.05) is 0 Å². The zero-order valence-electron chi connectivity index (χ0n) is 20.6. The third kappa shape index (κ3) is 3.43. The number of alkyl halides is 32. The first-order chi connectivity index (χ1) is 20.5. The molecule has 0 aromatic rings. The summed E-state index contributed by atoms with van der Waals surface area (Å²) in [6.07, 6.45) is -40.9. The fourth-order valence-corrected chi connectivity index (χ4v) is 5.59. The molecule has 0 aromatic heterocycles. The number of hydrogen-bond donors (Lipinski definition) is 0. The van der Waals surface area contributed by atoms with E-state index >= 15 is 17.6 Å². The van der Waals surface area contributed by atoms with Crippen LogP contribution in [0, 0.1) is 10.8 Å². The highest BCUT2D eigenvalue weighted by molar-refractivity contribution is 5.43. The van der Waals surface area contributed by atoms with E-state index in [1.165, 1.54) is 0 Å². The van der Waals surface area contributed by atoms with Gasteiger partial charge in [-0.25, -0.2) is 17.6 Å². The minimum absolute atomic E-state index is 9.49. The molecule has 2 fully saturated rings. The van der Waals surface area contributed by atoms with Gasteiger partial charge in [0.2, 0.25) is 10.8 Å². The van der Waals surface area contributed by atoms with Crippen LogP contribution in [0.25, 0.3) is 0 Å². The van der Waals surface area contributed by atoms with E-state index in [0.717, 1.165) is 0 Å². The van der Waals surface area contributed by atoms with Crippen LogP contribution in [0.2, 0.25) is 0 Å². The molecule has 49 heavy (non-hydrogen) atoms. The Kier molecular flexibility index (Phi) is 8.07. The van der Waals surface area contributed by atoms with Crippen molar-refractivity contribution in [2.45, 2.75) is 89.3 Å². The third-order valence-corrected chi connectivity index (χ3v) is 7.78. The number of halogens is 32. The van der Waals surface area contributed by atoms with Crippen LogP contribution in [-0.2, 0) is 0 Å². The molecule has 0 N–H and O–H groups in total. The van der Waals surface area contributed by atoms with Crippen molar-refractivity contribution in [3.05, 3.63) is 0 Å². The third-order valence-electron chi connectivity index (χ3n) is 7.78. The Labute approximate surface area is 242 Å². The highest BCUT2D eigenvalue weighted by Crippen LogP contribution is 2.88. The zero-order valence-corrected chi connectivity index (χ0v) is 20.6. The van der Waals surface area contributed by atoms with Crippen molar-refractivity contribution in [3.63, 3.8) is 0 Å². The second-order valence-electron chi connectivity index (χ2n) is 9.98. The van der Waals surface area contributed by atoms with E-state index in [-0.39, 0.29) is 0 Å². The van der Waals surface area contributed by atoms with Gasteiger partial charge in [-0.05, 0) is 0 Å². The largest absolute Gasteiger partial charge is 0.430 e. The molecular formula is C17F32. The second-order valence-corrected chi connectivity index (χ2v) is 9.98. The molecular weight excluding hydrogens is 812 g/mol. The van der Waals surface area contributed by atoms with E-state index in [1.807, 2.05) is 0 Å². The van der Waals surface area contributed by atoms with Gasteiger partial charge >= 0.3 is 83.4 Å². The average Bonchev–Trinajstić information content (AvgIpc) is 2.78. The molecule has 0 heterocycles. The van der Waals surface area contributed by atoms with Gasteiger partial charge in [0.25, 0.3) is 5.92 Å². The van der Waals surface area contributed by atoms with E-state index in [2.05, 4.69) is 0 Å². The van der Waals surface area contributed by atoms with Gasteiger partial charge in [0.05, 0.1) is 0 Å². The molecule has 0 radical (unpaired) electrons. The molecule has 2 saturated carbocycles. The van der Waals surface area contributed by atoms with Gasteiger partial charge in [-0.15, -0.1) is 0 Å². The molecule has 0 saturated heterocycles. The number of rotatable bonds is 2. The van der Waals surface area contributed by atoms with Crippen molar-refractivity contribution in [1.82, 2.24) is 0 Å². The fourth-order valence-electron chi connectivity index (χ4n) is 5.59. The second kappa shape index (κ2) is 9.21. The Morgan fingerprint density at radius 3 is 0.510 bits per heavy atom. The Hall–Kier alpha value is -2.24. The predicted molar refractivity (Wildman–Crippen MR) is 81.3 cm³/mol. The summed E-state index contributed by atoms with van der Waals surface area (Å²) in [6.45, 7) is 0. The zero-order chi connectivity index (χ0) is 40.5. The van der Waals surface area contributed by atoms with Crippen LogP contribution in [0.15, 0.2) is 0 Å². The van der Waals surface area contributed by atoms with Gasteiger partial charge in [-0.3, -0.25) is 0 Å². The molecule has 2 rings (SSSR count). The molecule has 2 aliphatic rings. The fraction of sp³-hybridized carbons (Fsp3) is 1.00. The first-order valence-electron chi connectivity index (χ1n) is 10.5. The van der Waals surface area contributed by atoms with Crippen LogP contribution in [0.3, 0.4) is 0 Å². The van der Waals surface area contributed by atoms with E-state index < -0.39 is 100 Å².